The topological polar surface area (TPSA) is 153 Å². The minimum atomic E-state index is -1.89. The van der Waals surface area contributed by atoms with Gasteiger partial charge in [-0.3, -0.25) is 10.1 Å². The average Bonchev–Trinajstić information content (AvgIpc) is 2.88. The van der Waals surface area contributed by atoms with E-state index in [2.05, 4.69) is 11.9 Å². The highest BCUT2D eigenvalue weighted by molar-refractivity contribution is 5.86. The Labute approximate surface area is 226 Å². The third-order valence-electron chi connectivity index (χ3n) is 5.06. The van der Waals surface area contributed by atoms with Crippen molar-refractivity contribution in [2.75, 3.05) is 20.8 Å². The molecule has 0 saturated carbocycles. The summed E-state index contributed by atoms with van der Waals surface area (Å²) in [6, 6.07) is 9.59. The molecular weight excluding hydrogens is 512 g/mol. The maximum Gasteiger partial charge on any atom is 0.408 e. The summed E-state index contributed by atoms with van der Waals surface area (Å²) >= 11 is 0. The van der Waals surface area contributed by atoms with Crippen LogP contribution < -0.4 is 14.8 Å². The van der Waals surface area contributed by atoms with Gasteiger partial charge in [0.25, 0.3) is 5.69 Å². The molecular formula is C27H32N2O10. The van der Waals surface area contributed by atoms with E-state index < -0.39 is 46.4 Å². The highest BCUT2D eigenvalue weighted by atomic mass is 16.6. The largest absolute Gasteiger partial charge is 0.493 e. The van der Waals surface area contributed by atoms with Crippen LogP contribution in [-0.2, 0) is 30.2 Å². The van der Waals surface area contributed by atoms with Crippen molar-refractivity contribution in [2.45, 2.75) is 44.9 Å². The number of hydrogen-bond acceptors (Lipinski definition) is 10. The fourth-order valence-electron chi connectivity index (χ4n) is 3.40. The molecule has 210 valence electrons. The van der Waals surface area contributed by atoms with E-state index in [-0.39, 0.29) is 30.1 Å². The van der Waals surface area contributed by atoms with Gasteiger partial charge in [0.05, 0.1) is 30.8 Å². The second-order valence-corrected chi connectivity index (χ2v) is 9.15. The third-order valence-corrected chi connectivity index (χ3v) is 5.06. The van der Waals surface area contributed by atoms with Crippen LogP contribution in [-0.4, -0.2) is 55.4 Å². The van der Waals surface area contributed by atoms with E-state index in [1.807, 2.05) is 0 Å². The van der Waals surface area contributed by atoms with Gasteiger partial charge in [0, 0.05) is 6.42 Å². The molecule has 2 rings (SSSR count). The zero-order chi connectivity index (χ0) is 29.2. The SMILES string of the molecule is C=CCOC(=O)C(OC(=O)C(Cc1ccccc1)NC(=O)OC(C)(C)C)c1cc(OC)c(OC)cc1[N+](=O)[O-]. The number of carbonyl (C=O) groups excluding carboxylic acids is 3. The second kappa shape index (κ2) is 13.8. The molecule has 0 aromatic heterocycles. The van der Waals surface area contributed by atoms with Crippen molar-refractivity contribution in [2.24, 2.45) is 0 Å². The highest BCUT2D eigenvalue weighted by Crippen LogP contribution is 2.39. The number of esters is 2. The summed E-state index contributed by atoms with van der Waals surface area (Å²) < 4.78 is 26.2. The number of carbonyl (C=O) groups is 3. The number of nitro groups is 1. The number of rotatable bonds is 12. The smallest absolute Gasteiger partial charge is 0.408 e. The molecule has 39 heavy (non-hydrogen) atoms. The molecule has 12 nitrogen and oxygen atoms in total. The van der Waals surface area contributed by atoms with Gasteiger partial charge in [-0.1, -0.05) is 43.0 Å². The minimum Gasteiger partial charge on any atom is -0.493 e. The van der Waals surface area contributed by atoms with Crippen molar-refractivity contribution in [3.63, 3.8) is 0 Å². The number of alkyl carbamates (subject to hydrolysis) is 1. The molecule has 2 aromatic carbocycles. The van der Waals surface area contributed by atoms with Gasteiger partial charge in [-0.25, -0.2) is 14.4 Å². The van der Waals surface area contributed by atoms with Crippen molar-refractivity contribution < 1.29 is 43.0 Å². The minimum absolute atomic E-state index is 0.0195. The van der Waals surface area contributed by atoms with Crippen LogP contribution in [0.25, 0.3) is 0 Å². The summed E-state index contributed by atoms with van der Waals surface area (Å²) in [6.45, 7) is 8.17. The van der Waals surface area contributed by atoms with Gasteiger partial charge in [-0.05, 0) is 32.4 Å². The standard InChI is InChI=1S/C27H32N2O10/c1-7-13-37-25(31)23(18-15-21(35-5)22(36-6)16-20(18)29(33)34)38-24(30)19(14-17-11-9-8-10-12-17)28-26(32)39-27(2,3)4/h7-12,15-16,19,23H,1,13-14H2,2-6H3,(H,28,32). The molecule has 0 spiro atoms. The second-order valence-electron chi connectivity index (χ2n) is 9.15. The first kappa shape index (κ1) is 30.6. The summed E-state index contributed by atoms with van der Waals surface area (Å²) in [4.78, 5) is 50.1. The molecule has 0 fully saturated rings. The van der Waals surface area contributed by atoms with Crippen LogP contribution in [0.1, 0.15) is 38.0 Å². The highest BCUT2D eigenvalue weighted by Gasteiger charge is 2.37. The van der Waals surface area contributed by atoms with E-state index in [0.29, 0.717) is 5.56 Å². The van der Waals surface area contributed by atoms with Crippen molar-refractivity contribution in [1.29, 1.82) is 0 Å². The molecule has 0 radical (unpaired) electrons. The van der Waals surface area contributed by atoms with E-state index >= 15 is 0 Å². The van der Waals surface area contributed by atoms with Crippen LogP contribution >= 0.6 is 0 Å². The van der Waals surface area contributed by atoms with E-state index in [0.717, 1.165) is 12.1 Å². The number of nitro benzene ring substituents is 1. The van der Waals surface area contributed by atoms with Crippen molar-refractivity contribution in [1.82, 2.24) is 5.32 Å². The molecule has 0 saturated heterocycles. The fraction of sp³-hybridized carbons (Fsp3) is 0.370. The van der Waals surface area contributed by atoms with Gasteiger partial charge < -0.3 is 29.0 Å². The van der Waals surface area contributed by atoms with Crippen LogP contribution in [0.3, 0.4) is 0 Å². The number of hydrogen-bond donors (Lipinski definition) is 1. The molecule has 1 amide bonds. The van der Waals surface area contributed by atoms with Gasteiger partial charge in [-0.2, -0.15) is 0 Å². The first-order valence-corrected chi connectivity index (χ1v) is 11.8. The molecule has 0 aliphatic carbocycles. The zero-order valence-electron chi connectivity index (χ0n) is 22.4. The Balaban J connectivity index is 2.53. The lowest BCUT2D eigenvalue weighted by atomic mass is 10.0. The molecule has 0 bridgehead atoms. The number of amides is 1. The Kier molecular flexibility index (Phi) is 10.8. The number of benzene rings is 2. The van der Waals surface area contributed by atoms with E-state index in [4.69, 9.17) is 23.7 Å². The van der Waals surface area contributed by atoms with Crippen molar-refractivity contribution in [3.05, 3.63) is 76.4 Å². The predicted molar refractivity (Wildman–Crippen MR) is 139 cm³/mol. The molecule has 12 heteroatoms. The zero-order valence-corrected chi connectivity index (χ0v) is 22.4. The molecule has 0 aliphatic rings. The molecule has 0 aliphatic heterocycles. The lowest BCUT2D eigenvalue weighted by molar-refractivity contribution is -0.386. The first-order chi connectivity index (χ1) is 18.4. The van der Waals surface area contributed by atoms with Gasteiger partial charge in [-0.15, -0.1) is 0 Å². The van der Waals surface area contributed by atoms with E-state index in [9.17, 15) is 24.5 Å². The van der Waals surface area contributed by atoms with Gasteiger partial charge in [0.15, 0.2) is 11.5 Å². The number of nitrogens with zero attached hydrogens (tertiary/aromatic N) is 1. The van der Waals surface area contributed by atoms with Crippen molar-refractivity contribution >= 4 is 23.7 Å². The summed E-state index contributed by atoms with van der Waals surface area (Å²) in [7, 11) is 2.58. The Morgan fingerprint density at radius 2 is 1.67 bits per heavy atom. The van der Waals surface area contributed by atoms with E-state index in [1.165, 1.54) is 20.3 Å². The van der Waals surface area contributed by atoms with Crippen molar-refractivity contribution in [3.8, 4) is 11.5 Å². The quantitative estimate of drug-likeness (QED) is 0.136. The summed E-state index contributed by atoms with van der Waals surface area (Å²) in [5, 5.41) is 14.4. The maximum absolute atomic E-state index is 13.4. The van der Waals surface area contributed by atoms with Gasteiger partial charge in [0.1, 0.15) is 18.2 Å². The third kappa shape index (κ3) is 9.02. The summed E-state index contributed by atoms with van der Waals surface area (Å²) in [5.41, 5.74) is -1.10. The molecule has 2 unspecified atom stereocenters. The van der Waals surface area contributed by atoms with Gasteiger partial charge >= 0.3 is 18.0 Å². The molecule has 2 aromatic rings. The Hall–Kier alpha value is -4.61. The summed E-state index contributed by atoms with van der Waals surface area (Å²) in [5.74, 6) is -2.10. The summed E-state index contributed by atoms with van der Waals surface area (Å²) in [6.07, 6.45) is -1.54. The lowest BCUT2D eigenvalue weighted by Crippen LogP contribution is -2.46. The molecule has 0 heterocycles. The monoisotopic (exact) mass is 544 g/mol. The van der Waals surface area contributed by atoms with Gasteiger partial charge in [0.2, 0.25) is 6.10 Å². The van der Waals surface area contributed by atoms with E-state index in [1.54, 1.807) is 51.1 Å². The number of ether oxygens (including phenoxy) is 5. The maximum atomic E-state index is 13.4. The predicted octanol–water partition coefficient (Wildman–Crippen LogP) is 4.06. The molecule has 2 atom stereocenters. The van der Waals surface area contributed by atoms with Crippen LogP contribution in [0.5, 0.6) is 11.5 Å². The number of nitrogens with one attached hydrogen (secondary N) is 1. The lowest BCUT2D eigenvalue weighted by Gasteiger charge is -2.24. The molecule has 1 N–H and O–H groups in total. The Morgan fingerprint density at radius 3 is 2.21 bits per heavy atom. The van der Waals surface area contributed by atoms with Crippen LogP contribution in [0.15, 0.2) is 55.1 Å². The van der Waals surface area contributed by atoms with Crippen LogP contribution in [0.2, 0.25) is 0 Å². The Bertz CT molecular complexity index is 1190. The van der Waals surface area contributed by atoms with Crippen LogP contribution in [0, 0.1) is 10.1 Å². The fourth-order valence-corrected chi connectivity index (χ4v) is 3.40. The first-order valence-electron chi connectivity index (χ1n) is 11.8. The average molecular weight is 545 g/mol. The Morgan fingerprint density at radius 1 is 1.05 bits per heavy atom. The normalized spacial score (nSPS) is 12.3. The number of methoxy groups -OCH3 is 2. The van der Waals surface area contributed by atoms with Crippen LogP contribution in [0.4, 0.5) is 10.5 Å².